The second kappa shape index (κ2) is 4.97. The van der Waals surface area contributed by atoms with Gasteiger partial charge in [0.25, 0.3) is 0 Å². The third-order valence-corrected chi connectivity index (χ3v) is 3.61. The average Bonchev–Trinajstić information content (AvgIpc) is 2.64. The lowest BCUT2D eigenvalue weighted by atomic mass is 9.96. The van der Waals surface area contributed by atoms with Crippen LogP contribution in [0.15, 0.2) is 0 Å². The fourth-order valence-electron chi connectivity index (χ4n) is 1.95. The topological polar surface area (TPSA) is 40.5 Å². The zero-order chi connectivity index (χ0) is 11.6. The Morgan fingerprint density at radius 3 is 2.33 bits per heavy atom. The van der Waals surface area contributed by atoms with Crippen LogP contribution in [-0.2, 0) is 4.79 Å². The number of aliphatic hydroxyl groups excluding tert-OH is 1. The third kappa shape index (κ3) is 2.94. The van der Waals surface area contributed by atoms with Crippen LogP contribution in [-0.4, -0.2) is 35.1 Å². The van der Waals surface area contributed by atoms with E-state index in [1.165, 1.54) is 0 Å². The number of aliphatic hydroxyl groups is 1. The molecule has 1 amide bonds. The van der Waals surface area contributed by atoms with Crippen molar-refractivity contribution in [3.63, 3.8) is 0 Å². The fourth-order valence-corrected chi connectivity index (χ4v) is 1.95. The van der Waals surface area contributed by atoms with E-state index in [0.29, 0.717) is 5.92 Å². The van der Waals surface area contributed by atoms with Crippen molar-refractivity contribution in [2.75, 3.05) is 13.1 Å². The summed E-state index contributed by atoms with van der Waals surface area (Å²) in [5, 5.41) is 9.46. The van der Waals surface area contributed by atoms with Gasteiger partial charge in [0.05, 0.1) is 6.10 Å². The molecule has 0 aromatic heterocycles. The van der Waals surface area contributed by atoms with Crippen LogP contribution >= 0.6 is 0 Å². The van der Waals surface area contributed by atoms with Gasteiger partial charge in [-0.05, 0) is 19.3 Å². The molecule has 1 aliphatic heterocycles. The van der Waals surface area contributed by atoms with Crippen molar-refractivity contribution in [2.24, 2.45) is 17.8 Å². The van der Waals surface area contributed by atoms with Crippen LogP contribution in [0.2, 0.25) is 0 Å². The molecule has 0 spiro atoms. The molecular weight excluding hydrogens is 190 g/mol. The van der Waals surface area contributed by atoms with Crippen LogP contribution in [0.1, 0.15) is 34.1 Å². The first-order valence-electron chi connectivity index (χ1n) is 5.90. The molecule has 1 N–H and O–H groups in total. The molecule has 3 unspecified atom stereocenters. The molecule has 15 heavy (non-hydrogen) atoms. The van der Waals surface area contributed by atoms with Crippen molar-refractivity contribution in [2.45, 2.75) is 40.2 Å². The molecule has 0 aromatic carbocycles. The van der Waals surface area contributed by atoms with Gasteiger partial charge in [-0.3, -0.25) is 4.79 Å². The van der Waals surface area contributed by atoms with Crippen molar-refractivity contribution in [3.05, 3.63) is 0 Å². The van der Waals surface area contributed by atoms with E-state index in [1.54, 1.807) is 0 Å². The average molecular weight is 213 g/mol. The summed E-state index contributed by atoms with van der Waals surface area (Å²) in [6, 6.07) is 0. The molecule has 0 saturated carbocycles. The highest BCUT2D eigenvalue weighted by molar-refractivity contribution is 5.79. The predicted molar refractivity (Wildman–Crippen MR) is 60.4 cm³/mol. The maximum atomic E-state index is 12.0. The van der Waals surface area contributed by atoms with E-state index >= 15 is 0 Å². The van der Waals surface area contributed by atoms with Gasteiger partial charge in [0.2, 0.25) is 5.91 Å². The predicted octanol–water partition coefficient (Wildman–Crippen LogP) is 1.51. The molecule has 0 radical (unpaired) electrons. The first-order valence-corrected chi connectivity index (χ1v) is 5.90. The van der Waals surface area contributed by atoms with Crippen LogP contribution in [0.5, 0.6) is 0 Å². The first kappa shape index (κ1) is 12.5. The maximum Gasteiger partial charge on any atom is 0.225 e. The minimum atomic E-state index is -0.294. The fraction of sp³-hybridized carbons (Fsp3) is 0.917. The first-order chi connectivity index (χ1) is 6.93. The van der Waals surface area contributed by atoms with Gasteiger partial charge in [-0.1, -0.05) is 20.8 Å². The Morgan fingerprint density at radius 2 is 1.93 bits per heavy atom. The number of amides is 1. The van der Waals surface area contributed by atoms with E-state index in [2.05, 4.69) is 13.8 Å². The monoisotopic (exact) mass is 213 g/mol. The number of rotatable bonds is 3. The largest absolute Gasteiger partial charge is 0.393 e. The number of carbonyl (C=O) groups excluding carboxylic acids is 1. The Morgan fingerprint density at radius 1 is 1.33 bits per heavy atom. The zero-order valence-corrected chi connectivity index (χ0v) is 10.2. The second-order valence-corrected chi connectivity index (χ2v) is 5.11. The van der Waals surface area contributed by atoms with Crippen molar-refractivity contribution in [1.82, 2.24) is 4.90 Å². The number of hydrogen-bond donors (Lipinski definition) is 1. The van der Waals surface area contributed by atoms with Gasteiger partial charge in [0.15, 0.2) is 0 Å². The summed E-state index contributed by atoms with van der Waals surface area (Å²) < 4.78 is 0. The molecule has 1 saturated heterocycles. The molecule has 0 aromatic rings. The van der Waals surface area contributed by atoms with Crippen LogP contribution in [0.25, 0.3) is 0 Å². The third-order valence-electron chi connectivity index (χ3n) is 3.61. The molecule has 0 bridgehead atoms. The van der Waals surface area contributed by atoms with E-state index in [4.69, 9.17) is 0 Å². The molecule has 1 heterocycles. The van der Waals surface area contributed by atoms with Crippen LogP contribution in [0.3, 0.4) is 0 Å². The summed E-state index contributed by atoms with van der Waals surface area (Å²) in [5.74, 6) is 1.00. The lowest BCUT2D eigenvalue weighted by Crippen LogP contribution is -2.36. The van der Waals surface area contributed by atoms with Gasteiger partial charge >= 0.3 is 0 Å². The van der Waals surface area contributed by atoms with Crippen molar-refractivity contribution >= 4 is 5.91 Å². The Kier molecular flexibility index (Phi) is 4.14. The lowest BCUT2D eigenvalue weighted by molar-refractivity contribution is -0.135. The summed E-state index contributed by atoms with van der Waals surface area (Å²) in [4.78, 5) is 13.9. The quantitative estimate of drug-likeness (QED) is 0.772. The Hall–Kier alpha value is -0.570. The molecule has 1 fully saturated rings. The van der Waals surface area contributed by atoms with E-state index in [1.807, 2.05) is 18.7 Å². The van der Waals surface area contributed by atoms with E-state index in [-0.39, 0.29) is 23.8 Å². The standard InChI is InChI=1S/C12H23NO2/c1-8(2)9(3)12(15)13-6-5-11(7-13)10(4)14/h8-11,14H,5-7H2,1-4H3. The number of nitrogens with zero attached hydrogens (tertiary/aromatic N) is 1. The molecule has 1 aliphatic rings. The summed E-state index contributed by atoms with van der Waals surface area (Å²) in [5.41, 5.74) is 0. The smallest absolute Gasteiger partial charge is 0.225 e. The lowest BCUT2D eigenvalue weighted by Gasteiger charge is -2.23. The van der Waals surface area contributed by atoms with E-state index in [0.717, 1.165) is 19.5 Å². The normalized spacial score (nSPS) is 25.7. The van der Waals surface area contributed by atoms with E-state index in [9.17, 15) is 9.90 Å². The highest BCUT2D eigenvalue weighted by atomic mass is 16.3. The van der Waals surface area contributed by atoms with Crippen molar-refractivity contribution in [3.8, 4) is 0 Å². The van der Waals surface area contributed by atoms with Crippen LogP contribution in [0, 0.1) is 17.8 Å². The number of carbonyl (C=O) groups is 1. The Balaban J connectivity index is 2.50. The summed E-state index contributed by atoms with van der Waals surface area (Å²) in [6.45, 7) is 9.49. The maximum absolute atomic E-state index is 12.0. The zero-order valence-electron chi connectivity index (χ0n) is 10.2. The molecule has 0 aliphatic carbocycles. The van der Waals surface area contributed by atoms with Crippen LogP contribution in [0.4, 0.5) is 0 Å². The molecule has 3 heteroatoms. The summed E-state index contributed by atoms with van der Waals surface area (Å²) >= 11 is 0. The highest BCUT2D eigenvalue weighted by Gasteiger charge is 2.31. The molecule has 3 atom stereocenters. The number of likely N-dealkylation sites (tertiary alicyclic amines) is 1. The van der Waals surface area contributed by atoms with Gasteiger partial charge in [-0.2, -0.15) is 0 Å². The SMILES string of the molecule is CC(C)C(C)C(=O)N1CCC(C(C)O)C1. The van der Waals surface area contributed by atoms with Gasteiger partial charge in [0.1, 0.15) is 0 Å². The Labute approximate surface area is 92.5 Å². The van der Waals surface area contributed by atoms with Crippen molar-refractivity contribution in [1.29, 1.82) is 0 Å². The summed E-state index contributed by atoms with van der Waals surface area (Å²) in [7, 11) is 0. The van der Waals surface area contributed by atoms with Gasteiger partial charge in [-0.15, -0.1) is 0 Å². The van der Waals surface area contributed by atoms with Gasteiger partial charge in [-0.25, -0.2) is 0 Å². The molecule has 88 valence electrons. The minimum Gasteiger partial charge on any atom is -0.393 e. The molecule has 1 rings (SSSR count). The minimum absolute atomic E-state index is 0.0951. The summed E-state index contributed by atoms with van der Waals surface area (Å²) in [6.07, 6.45) is 0.644. The van der Waals surface area contributed by atoms with Gasteiger partial charge < -0.3 is 10.0 Å². The van der Waals surface area contributed by atoms with Crippen LogP contribution < -0.4 is 0 Å². The van der Waals surface area contributed by atoms with E-state index < -0.39 is 0 Å². The van der Waals surface area contributed by atoms with Crippen molar-refractivity contribution < 1.29 is 9.90 Å². The second-order valence-electron chi connectivity index (χ2n) is 5.11. The van der Waals surface area contributed by atoms with Gasteiger partial charge in [0, 0.05) is 24.9 Å². The molecular formula is C12H23NO2. The number of hydrogen-bond acceptors (Lipinski definition) is 2. The Bertz CT molecular complexity index is 226. The highest BCUT2D eigenvalue weighted by Crippen LogP contribution is 2.23. The molecule has 3 nitrogen and oxygen atoms in total.